The fourth-order valence-corrected chi connectivity index (χ4v) is 3.65. The summed E-state index contributed by atoms with van der Waals surface area (Å²) in [5, 5.41) is 5.28. The van der Waals surface area contributed by atoms with Gasteiger partial charge in [0.05, 0.1) is 17.0 Å². The Morgan fingerprint density at radius 2 is 1.89 bits per heavy atom. The second-order valence-electron chi connectivity index (χ2n) is 6.67. The van der Waals surface area contributed by atoms with Crippen molar-refractivity contribution in [2.24, 2.45) is 5.73 Å². The SMILES string of the molecule is Cc1[nH]c(Cc2nccnc2-c2c[nH][nH]c2=O)c(-c2ccccc2)c1CCN. The maximum atomic E-state index is 12.1. The van der Waals surface area contributed by atoms with Crippen LogP contribution in [0.1, 0.15) is 22.6 Å². The third kappa shape index (κ3) is 3.27. The highest BCUT2D eigenvalue weighted by Gasteiger charge is 2.19. The molecular formula is C21H22N6O. The van der Waals surface area contributed by atoms with Crippen LogP contribution in [0.15, 0.2) is 53.7 Å². The van der Waals surface area contributed by atoms with Crippen LogP contribution in [0.5, 0.6) is 0 Å². The standard InChI is InChI=1S/C21H22N6O/c1-13-15(7-8-22)19(14-5-3-2-4-6-14)17(26-13)11-18-20(24-10-9-23-18)16-12-25-27-21(16)28/h2-6,9-10,12,26H,7-8,11,22H2,1H3,(H2,25,27,28). The molecule has 0 unspecified atom stereocenters. The van der Waals surface area contributed by atoms with Crippen molar-refractivity contribution in [2.75, 3.05) is 6.54 Å². The zero-order valence-electron chi connectivity index (χ0n) is 15.6. The van der Waals surface area contributed by atoms with E-state index < -0.39 is 0 Å². The molecule has 7 heteroatoms. The van der Waals surface area contributed by atoms with Crippen LogP contribution in [0.3, 0.4) is 0 Å². The van der Waals surface area contributed by atoms with E-state index in [0.717, 1.165) is 34.6 Å². The van der Waals surface area contributed by atoms with Gasteiger partial charge in [0.1, 0.15) is 0 Å². The molecule has 3 heterocycles. The van der Waals surface area contributed by atoms with Crippen molar-refractivity contribution >= 4 is 0 Å². The number of nitrogens with zero attached hydrogens (tertiary/aromatic N) is 2. The Hall–Kier alpha value is -3.45. The predicted octanol–water partition coefficient (Wildman–Crippen LogP) is 2.56. The van der Waals surface area contributed by atoms with E-state index in [-0.39, 0.29) is 5.56 Å². The van der Waals surface area contributed by atoms with Gasteiger partial charge in [-0.2, -0.15) is 0 Å². The van der Waals surface area contributed by atoms with Gasteiger partial charge in [-0.3, -0.25) is 19.9 Å². The lowest BCUT2D eigenvalue weighted by Gasteiger charge is -2.09. The average Bonchev–Trinajstić information content (AvgIpc) is 3.26. The van der Waals surface area contributed by atoms with E-state index in [1.807, 2.05) is 18.2 Å². The van der Waals surface area contributed by atoms with Crippen molar-refractivity contribution in [1.82, 2.24) is 25.1 Å². The molecule has 0 saturated heterocycles. The molecule has 0 atom stereocenters. The van der Waals surface area contributed by atoms with Gasteiger partial charge in [0.2, 0.25) is 0 Å². The van der Waals surface area contributed by atoms with Gasteiger partial charge in [-0.1, -0.05) is 30.3 Å². The first-order valence-corrected chi connectivity index (χ1v) is 9.21. The molecule has 0 aliphatic heterocycles. The number of nitrogens with one attached hydrogen (secondary N) is 3. The highest BCUT2D eigenvalue weighted by atomic mass is 16.1. The molecule has 0 fully saturated rings. The summed E-state index contributed by atoms with van der Waals surface area (Å²) in [6.45, 7) is 2.64. The molecule has 0 saturated carbocycles. The molecule has 3 aromatic heterocycles. The smallest absolute Gasteiger partial charge is 0.273 e. The molecule has 7 nitrogen and oxygen atoms in total. The quantitative estimate of drug-likeness (QED) is 0.415. The third-order valence-corrected chi connectivity index (χ3v) is 4.87. The highest BCUT2D eigenvalue weighted by Crippen LogP contribution is 2.32. The molecule has 0 aliphatic rings. The van der Waals surface area contributed by atoms with Crippen molar-refractivity contribution < 1.29 is 0 Å². The number of benzene rings is 1. The minimum atomic E-state index is -0.212. The molecule has 1 aromatic carbocycles. The zero-order valence-corrected chi connectivity index (χ0v) is 15.6. The zero-order chi connectivity index (χ0) is 19.5. The molecule has 5 N–H and O–H groups in total. The normalized spacial score (nSPS) is 11.1. The Morgan fingerprint density at radius 1 is 1.11 bits per heavy atom. The first-order valence-electron chi connectivity index (χ1n) is 9.21. The number of aromatic amines is 3. The van der Waals surface area contributed by atoms with Crippen molar-refractivity contribution in [2.45, 2.75) is 19.8 Å². The lowest BCUT2D eigenvalue weighted by atomic mass is 9.96. The summed E-state index contributed by atoms with van der Waals surface area (Å²) in [6.07, 6.45) is 6.19. The Balaban J connectivity index is 1.83. The number of aryl methyl sites for hydroxylation is 1. The van der Waals surface area contributed by atoms with Crippen LogP contribution in [0, 0.1) is 6.92 Å². The molecule has 0 bridgehead atoms. The van der Waals surface area contributed by atoms with Gasteiger partial charge in [0, 0.05) is 42.0 Å². The van der Waals surface area contributed by atoms with Gasteiger partial charge >= 0.3 is 0 Å². The Labute approximate surface area is 162 Å². The Bertz CT molecular complexity index is 1140. The lowest BCUT2D eigenvalue weighted by Crippen LogP contribution is -2.07. The molecule has 28 heavy (non-hydrogen) atoms. The topological polar surface area (TPSA) is 116 Å². The predicted molar refractivity (Wildman–Crippen MR) is 109 cm³/mol. The van der Waals surface area contributed by atoms with Crippen LogP contribution >= 0.6 is 0 Å². The van der Waals surface area contributed by atoms with Gasteiger partial charge in [-0.15, -0.1) is 0 Å². The fourth-order valence-electron chi connectivity index (χ4n) is 3.65. The highest BCUT2D eigenvalue weighted by molar-refractivity contribution is 5.73. The van der Waals surface area contributed by atoms with Crippen LogP contribution in [-0.4, -0.2) is 31.7 Å². The number of aromatic nitrogens is 5. The van der Waals surface area contributed by atoms with E-state index in [1.165, 1.54) is 5.56 Å². The van der Waals surface area contributed by atoms with Crippen LogP contribution in [-0.2, 0) is 12.8 Å². The minimum absolute atomic E-state index is 0.212. The van der Waals surface area contributed by atoms with Crippen molar-refractivity contribution in [3.8, 4) is 22.4 Å². The van der Waals surface area contributed by atoms with Crippen LogP contribution < -0.4 is 11.3 Å². The number of hydrogen-bond donors (Lipinski definition) is 4. The number of rotatable bonds is 6. The maximum Gasteiger partial charge on any atom is 0.273 e. The summed E-state index contributed by atoms with van der Waals surface area (Å²) in [5.74, 6) is 0. The van der Waals surface area contributed by atoms with Gasteiger partial charge in [-0.05, 0) is 31.0 Å². The van der Waals surface area contributed by atoms with E-state index in [4.69, 9.17) is 5.73 Å². The molecular weight excluding hydrogens is 352 g/mol. The number of H-pyrrole nitrogens is 3. The van der Waals surface area contributed by atoms with E-state index >= 15 is 0 Å². The van der Waals surface area contributed by atoms with Gasteiger partial charge in [0.25, 0.3) is 5.56 Å². The summed E-state index contributed by atoms with van der Waals surface area (Å²) >= 11 is 0. The minimum Gasteiger partial charge on any atom is -0.361 e. The monoisotopic (exact) mass is 374 g/mol. The van der Waals surface area contributed by atoms with Crippen LogP contribution in [0.2, 0.25) is 0 Å². The first kappa shape index (κ1) is 17.9. The largest absolute Gasteiger partial charge is 0.361 e. The molecule has 0 aliphatic carbocycles. The second-order valence-corrected chi connectivity index (χ2v) is 6.67. The van der Waals surface area contributed by atoms with E-state index in [0.29, 0.717) is 24.2 Å². The van der Waals surface area contributed by atoms with Crippen molar-refractivity contribution in [3.63, 3.8) is 0 Å². The van der Waals surface area contributed by atoms with Gasteiger partial charge < -0.3 is 15.8 Å². The second kappa shape index (κ2) is 7.66. The molecule has 0 amide bonds. The third-order valence-electron chi connectivity index (χ3n) is 4.87. The van der Waals surface area contributed by atoms with E-state index in [2.05, 4.69) is 44.2 Å². The van der Waals surface area contributed by atoms with Crippen LogP contribution in [0.25, 0.3) is 22.4 Å². The van der Waals surface area contributed by atoms with Gasteiger partial charge in [0.15, 0.2) is 0 Å². The Kier molecular flexibility index (Phi) is 4.90. The maximum absolute atomic E-state index is 12.1. The number of nitrogens with two attached hydrogens (primary N) is 1. The molecule has 0 radical (unpaired) electrons. The lowest BCUT2D eigenvalue weighted by molar-refractivity contribution is 0.957. The Morgan fingerprint density at radius 3 is 2.61 bits per heavy atom. The summed E-state index contributed by atoms with van der Waals surface area (Å²) in [6, 6.07) is 10.3. The average molecular weight is 374 g/mol. The summed E-state index contributed by atoms with van der Waals surface area (Å²) < 4.78 is 0. The molecule has 4 rings (SSSR count). The van der Waals surface area contributed by atoms with Crippen molar-refractivity contribution in [3.05, 3.63) is 81.9 Å². The summed E-state index contributed by atoms with van der Waals surface area (Å²) in [5.41, 5.74) is 13.1. The van der Waals surface area contributed by atoms with Crippen LogP contribution in [0.4, 0.5) is 0 Å². The molecule has 142 valence electrons. The summed E-state index contributed by atoms with van der Waals surface area (Å²) in [4.78, 5) is 24.5. The number of hydrogen-bond acceptors (Lipinski definition) is 4. The fraction of sp³-hybridized carbons (Fsp3) is 0.190. The van der Waals surface area contributed by atoms with E-state index in [9.17, 15) is 4.79 Å². The molecule has 4 aromatic rings. The first-order chi connectivity index (χ1) is 13.7. The molecule has 0 spiro atoms. The van der Waals surface area contributed by atoms with Gasteiger partial charge in [-0.25, -0.2) is 0 Å². The summed E-state index contributed by atoms with van der Waals surface area (Å²) in [7, 11) is 0. The van der Waals surface area contributed by atoms with E-state index in [1.54, 1.807) is 18.6 Å². The van der Waals surface area contributed by atoms with Crippen molar-refractivity contribution in [1.29, 1.82) is 0 Å².